The number of rotatable bonds is 4. The molecule has 2 aromatic carbocycles. The first kappa shape index (κ1) is 16.3. The van der Waals surface area contributed by atoms with Gasteiger partial charge in [0.2, 0.25) is 6.79 Å². The van der Waals surface area contributed by atoms with Gasteiger partial charge in [0.05, 0.1) is 0 Å². The molecular weight excluding hydrogens is 334 g/mol. The standard InChI is InChI=1S/C19H19N3O4/c1-12-2-4-14(9-15(12)22-7-6-20-19(22)24)18(23)21-10-13-3-5-16-17(8-13)26-11-25-16/h2-5,8-9H,6-7,10-11H2,1H3,(H,20,24)(H,21,23). The third kappa shape index (κ3) is 3.03. The van der Waals surface area contributed by atoms with Crippen LogP contribution in [0.15, 0.2) is 36.4 Å². The molecular formula is C19H19N3O4. The van der Waals surface area contributed by atoms with E-state index in [-0.39, 0.29) is 18.7 Å². The molecule has 0 saturated carbocycles. The molecule has 1 fully saturated rings. The van der Waals surface area contributed by atoms with Gasteiger partial charge in [-0.2, -0.15) is 0 Å². The molecule has 0 aliphatic carbocycles. The summed E-state index contributed by atoms with van der Waals surface area (Å²) in [6.07, 6.45) is 0. The molecule has 2 heterocycles. The minimum atomic E-state index is -0.191. The maximum Gasteiger partial charge on any atom is 0.322 e. The highest BCUT2D eigenvalue weighted by Crippen LogP contribution is 2.32. The summed E-state index contributed by atoms with van der Waals surface area (Å²) < 4.78 is 10.6. The number of benzene rings is 2. The lowest BCUT2D eigenvalue weighted by atomic mass is 10.1. The van der Waals surface area contributed by atoms with Crippen molar-refractivity contribution < 1.29 is 19.1 Å². The Labute approximate surface area is 150 Å². The minimum Gasteiger partial charge on any atom is -0.454 e. The van der Waals surface area contributed by atoms with Crippen molar-refractivity contribution in [2.24, 2.45) is 0 Å². The van der Waals surface area contributed by atoms with Crippen LogP contribution in [-0.2, 0) is 6.54 Å². The number of ether oxygens (including phenoxy) is 2. The molecule has 0 unspecified atom stereocenters. The SMILES string of the molecule is Cc1ccc(C(=O)NCc2ccc3c(c2)OCO3)cc1N1CCNC1=O. The fourth-order valence-electron chi connectivity index (χ4n) is 3.08. The molecule has 2 aliphatic rings. The zero-order chi connectivity index (χ0) is 18.1. The number of amides is 3. The summed E-state index contributed by atoms with van der Waals surface area (Å²) in [5, 5.41) is 5.68. The lowest BCUT2D eigenvalue weighted by Gasteiger charge is -2.18. The summed E-state index contributed by atoms with van der Waals surface area (Å²) in [5.74, 6) is 1.21. The first-order chi connectivity index (χ1) is 12.6. The average molecular weight is 353 g/mol. The van der Waals surface area contributed by atoms with Crippen molar-refractivity contribution in [3.05, 3.63) is 53.1 Å². The molecule has 0 aromatic heterocycles. The Morgan fingerprint density at radius 3 is 2.85 bits per heavy atom. The quantitative estimate of drug-likeness (QED) is 0.883. The van der Waals surface area contributed by atoms with Crippen molar-refractivity contribution in [2.45, 2.75) is 13.5 Å². The number of anilines is 1. The van der Waals surface area contributed by atoms with Crippen molar-refractivity contribution in [2.75, 3.05) is 24.8 Å². The molecule has 0 spiro atoms. The van der Waals surface area contributed by atoms with Crippen LogP contribution >= 0.6 is 0 Å². The van der Waals surface area contributed by atoms with Crippen LogP contribution in [0.1, 0.15) is 21.5 Å². The van der Waals surface area contributed by atoms with Crippen LogP contribution < -0.4 is 25.0 Å². The molecule has 1 saturated heterocycles. The number of hydrogen-bond donors (Lipinski definition) is 2. The molecule has 2 aromatic rings. The maximum absolute atomic E-state index is 12.5. The number of nitrogens with zero attached hydrogens (tertiary/aromatic N) is 1. The Bertz CT molecular complexity index is 881. The highest BCUT2D eigenvalue weighted by atomic mass is 16.7. The molecule has 0 bridgehead atoms. The van der Waals surface area contributed by atoms with Gasteiger partial charge in [-0.1, -0.05) is 12.1 Å². The summed E-state index contributed by atoms with van der Waals surface area (Å²) in [6, 6.07) is 10.8. The van der Waals surface area contributed by atoms with E-state index in [1.54, 1.807) is 17.0 Å². The molecule has 4 rings (SSSR count). The second kappa shape index (κ2) is 6.59. The van der Waals surface area contributed by atoms with Gasteiger partial charge >= 0.3 is 6.03 Å². The molecule has 7 heteroatoms. The van der Waals surface area contributed by atoms with E-state index < -0.39 is 0 Å². The van der Waals surface area contributed by atoms with E-state index in [1.807, 2.05) is 31.2 Å². The van der Waals surface area contributed by atoms with Gasteiger partial charge in [-0.15, -0.1) is 0 Å². The van der Waals surface area contributed by atoms with Crippen molar-refractivity contribution >= 4 is 17.6 Å². The number of aryl methyl sites for hydroxylation is 1. The summed E-state index contributed by atoms with van der Waals surface area (Å²) in [4.78, 5) is 26.1. The first-order valence-electron chi connectivity index (χ1n) is 8.44. The van der Waals surface area contributed by atoms with E-state index in [9.17, 15) is 9.59 Å². The van der Waals surface area contributed by atoms with Crippen molar-refractivity contribution in [1.82, 2.24) is 10.6 Å². The van der Waals surface area contributed by atoms with Gasteiger partial charge in [0.1, 0.15) is 0 Å². The molecule has 3 amide bonds. The third-order valence-electron chi connectivity index (χ3n) is 4.51. The molecule has 7 nitrogen and oxygen atoms in total. The maximum atomic E-state index is 12.5. The largest absolute Gasteiger partial charge is 0.454 e. The normalized spacial score (nSPS) is 15.1. The van der Waals surface area contributed by atoms with Gasteiger partial charge in [-0.3, -0.25) is 9.69 Å². The summed E-state index contributed by atoms with van der Waals surface area (Å²) in [7, 11) is 0. The second-order valence-electron chi connectivity index (χ2n) is 6.26. The van der Waals surface area contributed by atoms with E-state index in [2.05, 4.69) is 10.6 Å². The van der Waals surface area contributed by atoms with Crippen molar-refractivity contribution in [3.63, 3.8) is 0 Å². The Balaban J connectivity index is 1.47. The Hall–Kier alpha value is -3.22. The fraction of sp³-hybridized carbons (Fsp3) is 0.263. The van der Waals surface area contributed by atoms with Crippen molar-refractivity contribution in [1.29, 1.82) is 0 Å². The molecule has 26 heavy (non-hydrogen) atoms. The van der Waals surface area contributed by atoms with Crippen LogP contribution in [0.4, 0.5) is 10.5 Å². The fourth-order valence-corrected chi connectivity index (χ4v) is 3.08. The summed E-state index contributed by atoms with van der Waals surface area (Å²) in [5.41, 5.74) is 3.16. The summed E-state index contributed by atoms with van der Waals surface area (Å²) >= 11 is 0. The van der Waals surface area contributed by atoms with E-state index >= 15 is 0 Å². The number of urea groups is 1. The van der Waals surface area contributed by atoms with Gasteiger partial charge in [0, 0.05) is 30.9 Å². The number of carbonyl (C=O) groups is 2. The van der Waals surface area contributed by atoms with Gasteiger partial charge in [-0.25, -0.2) is 4.79 Å². The zero-order valence-electron chi connectivity index (χ0n) is 14.4. The van der Waals surface area contributed by atoms with E-state index in [4.69, 9.17) is 9.47 Å². The van der Waals surface area contributed by atoms with Gasteiger partial charge < -0.3 is 20.1 Å². The number of carbonyl (C=O) groups excluding carboxylic acids is 2. The molecule has 2 aliphatic heterocycles. The minimum absolute atomic E-state index is 0.133. The monoisotopic (exact) mass is 353 g/mol. The van der Waals surface area contributed by atoms with Crippen LogP contribution in [0.3, 0.4) is 0 Å². The summed E-state index contributed by atoms with van der Waals surface area (Å²) in [6.45, 7) is 3.74. The predicted octanol–water partition coefficient (Wildman–Crippen LogP) is 2.18. The Morgan fingerprint density at radius 2 is 2.04 bits per heavy atom. The predicted molar refractivity (Wildman–Crippen MR) is 95.7 cm³/mol. The smallest absolute Gasteiger partial charge is 0.322 e. The van der Waals surface area contributed by atoms with E-state index in [1.165, 1.54) is 0 Å². The number of nitrogens with one attached hydrogen (secondary N) is 2. The molecule has 0 radical (unpaired) electrons. The van der Waals surface area contributed by atoms with Crippen LogP contribution in [0.2, 0.25) is 0 Å². The lowest BCUT2D eigenvalue weighted by molar-refractivity contribution is 0.0951. The van der Waals surface area contributed by atoms with Crippen LogP contribution in [0.25, 0.3) is 0 Å². The Morgan fingerprint density at radius 1 is 1.19 bits per heavy atom. The lowest BCUT2D eigenvalue weighted by Crippen LogP contribution is -2.29. The van der Waals surface area contributed by atoms with Gasteiger partial charge in [0.15, 0.2) is 11.5 Å². The third-order valence-corrected chi connectivity index (χ3v) is 4.51. The van der Waals surface area contributed by atoms with Crippen molar-refractivity contribution in [3.8, 4) is 11.5 Å². The van der Waals surface area contributed by atoms with Crippen LogP contribution in [0, 0.1) is 6.92 Å². The molecule has 0 atom stereocenters. The highest BCUT2D eigenvalue weighted by molar-refractivity contribution is 5.99. The molecule has 134 valence electrons. The van der Waals surface area contributed by atoms with Crippen LogP contribution in [0.5, 0.6) is 11.5 Å². The average Bonchev–Trinajstić information content (AvgIpc) is 3.28. The topological polar surface area (TPSA) is 79.9 Å². The zero-order valence-corrected chi connectivity index (χ0v) is 14.4. The Kier molecular flexibility index (Phi) is 4.12. The highest BCUT2D eigenvalue weighted by Gasteiger charge is 2.23. The van der Waals surface area contributed by atoms with Gasteiger partial charge in [-0.05, 0) is 42.3 Å². The van der Waals surface area contributed by atoms with Gasteiger partial charge in [0.25, 0.3) is 5.91 Å². The second-order valence-corrected chi connectivity index (χ2v) is 6.26. The van der Waals surface area contributed by atoms with Crippen LogP contribution in [-0.4, -0.2) is 31.8 Å². The van der Waals surface area contributed by atoms with E-state index in [0.717, 1.165) is 16.8 Å². The van der Waals surface area contributed by atoms with E-state index in [0.29, 0.717) is 36.7 Å². The number of fused-ring (bicyclic) bond motifs is 1. The number of hydrogen-bond acceptors (Lipinski definition) is 4. The first-order valence-corrected chi connectivity index (χ1v) is 8.44. The molecule has 2 N–H and O–H groups in total.